The van der Waals surface area contributed by atoms with Crippen molar-refractivity contribution >= 4 is 29.2 Å². The van der Waals surface area contributed by atoms with Crippen LogP contribution >= 0.6 is 0 Å². The Morgan fingerprint density at radius 2 is 1.83 bits per heavy atom. The van der Waals surface area contributed by atoms with Gasteiger partial charge < -0.3 is 20.9 Å². The van der Waals surface area contributed by atoms with E-state index in [0.29, 0.717) is 29.2 Å². The van der Waals surface area contributed by atoms with Gasteiger partial charge in [-0.3, -0.25) is 4.79 Å². The Bertz CT molecular complexity index is 1280. The second-order valence-electron chi connectivity index (χ2n) is 10.3. The number of nitrogens with zero attached hydrogens (tertiary/aromatic N) is 4. The molecule has 2 aliphatic rings. The van der Waals surface area contributed by atoms with Gasteiger partial charge in [-0.05, 0) is 89.0 Å². The van der Waals surface area contributed by atoms with Crippen LogP contribution in [0.5, 0.6) is 0 Å². The molecule has 1 unspecified atom stereocenters. The van der Waals surface area contributed by atoms with Crippen molar-refractivity contribution < 1.29 is 9.18 Å². The molecule has 2 heterocycles. The van der Waals surface area contributed by atoms with E-state index in [1.165, 1.54) is 31.2 Å². The predicted octanol–water partition coefficient (Wildman–Crippen LogP) is 4.48. The van der Waals surface area contributed by atoms with Gasteiger partial charge in [0.25, 0.3) is 5.91 Å². The molecule has 2 aliphatic carbocycles. The normalized spacial score (nSPS) is 17.1. The minimum atomic E-state index is -1.60. The number of anilines is 4. The van der Waals surface area contributed by atoms with Crippen LogP contribution in [0.25, 0.3) is 0 Å². The lowest BCUT2D eigenvalue weighted by Gasteiger charge is -2.17. The van der Waals surface area contributed by atoms with Crippen molar-refractivity contribution in [2.75, 3.05) is 24.7 Å². The average molecular weight is 490 g/mol. The topological polar surface area (TPSA) is 95.1 Å². The molecule has 188 valence electrons. The number of likely N-dealkylation sites (N-methyl/N-ethyl adjacent to an activating group) is 1. The summed E-state index contributed by atoms with van der Waals surface area (Å²) in [4.78, 5) is 28.5. The summed E-state index contributed by atoms with van der Waals surface area (Å²) in [5.41, 5.74) is 2.55. The number of pyridine rings is 1. The fourth-order valence-electron chi connectivity index (χ4n) is 4.32. The molecule has 0 saturated heterocycles. The van der Waals surface area contributed by atoms with Crippen LogP contribution < -0.4 is 16.0 Å². The van der Waals surface area contributed by atoms with E-state index in [0.717, 1.165) is 31.4 Å². The van der Waals surface area contributed by atoms with Gasteiger partial charge in [0.2, 0.25) is 5.95 Å². The molecule has 0 aliphatic heterocycles. The molecule has 1 aromatic carbocycles. The van der Waals surface area contributed by atoms with Crippen molar-refractivity contribution in [1.82, 2.24) is 25.2 Å². The molecule has 1 saturated carbocycles. The number of rotatable bonds is 8. The zero-order valence-electron chi connectivity index (χ0n) is 21.1. The number of hydrogen-bond acceptors (Lipinski definition) is 7. The molecule has 9 heteroatoms. The van der Waals surface area contributed by atoms with E-state index < -0.39 is 5.67 Å². The molecule has 8 nitrogen and oxygen atoms in total. The van der Waals surface area contributed by atoms with Gasteiger partial charge in [0.1, 0.15) is 22.9 Å². The molecular formula is C27H32FN7O. The van der Waals surface area contributed by atoms with Crippen molar-refractivity contribution in [2.24, 2.45) is 0 Å². The molecule has 5 rings (SSSR count). The van der Waals surface area contributed by atoms with Crippen LogP contribution in [0.3, 0.4) is 0 Å². The molecule has 3 N–H and O–H groups in total. The van der Waals surface area contributed by atoms with Crippen LogP contribution in [0, 0.1) is 0 Å². The highest BCUT2D eigenvalue weighted by Crippen LogP contribution is 2.30. The van der Waals surface area contributed by atoms with Crippen LogP contribution in [0.4, 0.5) is 27.7 Å². The first-order chi connectivity index (χ1) is 17.2. The average Bonchev–Trinajstić information content (AvgIpc) is 3.53. The highest BCUT2D eigenvalue weighted by Gasteiger charge is 2.27. The molecule has 0 spiro atoms. The van der Waals surface area contributed by atoms with Crippen molar-refractivity contribution in [3.05, 3.63) is 65.0 Å². The molecule has 2 aromatic heterocycles. The van der Waals surface area contributed by atoms with Crippen LogP contribution in [0.2, 0.25) is 0 Å². The van der Waals surface area contributed by atoms with E-state index in [9.17, 15) is 9.18 Å². The Kier molecular flexibility index (Phi) is 6.34. The Hall–Kier alpha value is -3.59. The molecule has 3 aromatic rings. The molecule has 1 fully saturated rings. The van der Waals surface area contributed by atoms with Gasteiger partial charge in [-0.1, -0.05) is 12.1 Å². The summed E-state index contributed by atoms with van der Waals surface area (Å²) in [7, 11) is 4.22. The Balaban J connectivity index is 1.41. The van der Waals surface area contributed by atoms with Crippen molar-refractivity contribution in [3.8, 4) is 0 Å². The van der Waals surface area contributed by atoms with Gasteiger partial charge in [0, 0.05) is 24.0 Å². The van der Waals surface area contributed by atoms with E-state index in [2.05, 4.69) is 62.0 Å². The van der Waals surface area contributed by atoms with E-state index in [4.69, 9.17) is 0 Å². The lowest BCUT2D eigenvalue weighted by molar-refractivity contribution is 0.0951. The van der Waals surface area contributed by atoms with Gasteiger partial charge in [0.15, 0.2) is 0 Å². The minimum Gasteiger partial charge on any atom is -0.349 e. The smallest absolute Gasteiger partial charge is 0.256 e. The summed E-state index contributed by atoms with van der Waals surface area (Å²) >= 11 is 0. The summed E-state index contributed by atoms with van der Waals surface area (Å²) in [6, 6.07) is 12.1. The third kappa shape index (κ3) is 5.46. The molecule has 0 radical (unpaired) electrons. The zero-order valence-corrected chi connectivity index (χ0v) is 21.1. The monoisotopic (exact) mass is 489 g/mol. The summed E-state index contributed by atoms with van der Waals surface area (Å²) in [6.45, 7) is 2.91. The van der Waals surface area contributed by atoms with Crippen LogP contribution in [0.1, 0.15) is 53.9 Å². The fraction of sp³-hybridized carbons (Fsp3) is 0.407. The second kappa shape index (κ2) is 9.46. The number of halogens is 1. The highest BCUT2D eigenvalue weighted by atomic mass is 19.1. The van der Waals surface area contributed by atoms with E-state index in [-0.39, 0.29) is 17.6 Å². The lowest BCUT2D eigenvalue weighted by Crippen LogP contribution is -2.27. The number of nitrogens with one attached hydrogen (secondary N) is 3. The summed E-state index contributed by atoms with van der Waals surface area (Å²) < 4.78 is 14.5. The van der Waals surface area contributed by atoms with Crippen LogP contribution in [-0.2, 0) is 18.5 Å². The standard InChI is InChI=1S/C27H32FN7O/c1-27(2,28)22-6-5-7-23(32-22)33-24-21(25(36)30-18-10-11-18)15-29-26(34-24)31-19-9-8-16-13-20(35(3)4)14-17(16)12-19/h5-9,12,15,18,20H,10-11,13-14H2,1-4H3,(H,30,36)(H2,29,31,32,33,34). The predicted molar refractivity (Wildman–Crippen MR) is 139 cm³/mol. The number of benzene rings is 1. The number of amides is 1. The van der Waals surface area contributed by atoms with Crippen molar-refractivity contribution in [3.63, 3.8) is 0 Å². The van der Waals surface area contributed by atoms with Crippen molar-refractivity contribution in [2.45, 2.75) is 57.3 Å². The van der Waals surface area contributed by atoms with Gasteiger partial charge in [-0.15, -0.1) is 0 Å². The number of carbonyl (C=O) groups excluding carboxylic acids is 1. The Labute approximate surface area is 210 Å². The molecule has 36 heavy (non-hydrogen) atoms. The lowest BCUT2D eigenvalue weighted by atomic mass is 10.1. The Morgan fingerprint density at radius 3 is 2.56 bits per heavy atom. The zero-order chi connectivity index (χ0) is 25.4. The number of fused-ring (bicyclic) bond motifs is 1. The Morgan fingerprint density at radius 1 is 1.06 bits per heavy atom. The maximum Gasteiger partial charge on any atom is 0.256 e. The SMILES string of the molecule is CN(C)C1Cc2ccc(Nc3ncc(C(=O)NC4CC4)c(Nc4cccc(C(C)(C)F)n4)n3)cc2C1. The highest BCUT2D eigenvalue weighted by molar-refractivity contribution is 5.99. The van der Waals surface area contributed by atoms with Crippen LogP contribution in [-0.4, -0.2) is 51.9 Å². The van der Waals surface area contributed by atoms with Crippen LogP contribution in [0.15, 0.2) is 42.6 Å². The van der Waals surface area contributed by atoms with Gasteiger partial charge in [-0.25, -0.2) is 14.4 Å². The van der Waals surface area contributed by atoms with E-state index in [1.54, 1.807) is 18.2 Å². The first kappa shape index (κ1) is 24.1. The van der Waals surface area contributed by atoms with E-state index >= 15 is 0 Å². The largest absolute Gasteiger partial charge is 0.349 e. The number of hydrogen-bond donors (Lipinski definition) is 3. The molecule has 1 atom stereocenters. The first-order valence-electron chi connectivity index (χ1n) is 12.3. The number of alkyl halides is 1. The minimum absolute atomic E-state index is 0.189. The quantitative estimate of drug-likeness (QED) is 0.429. The summed E-state index contributed by atoms with van der Waals surface area (Å²) in [6.07, 6.45) is 5.49. The van der Waals surface area contributed by atoms with Gasteiger partial charge in [-0.2, -0.15) is 4.98 Å². The third-order valence-electron chi connectivity index (χ3n) is 6.65. The van der Waals surface area contributed by atoms with Gasteiger partial charge >= 0.3 is 0 Å². The van der Waals surface area contributed by atoms with E-state index in [1.807, 2.05) is 6.07 Å². The fourth-order valence-corrected chi connectivity index (χ4v) is 4.32. The summed E-state index contributed by atoms with van der Waals surface area (Å²) in [5.74, 6) is 0.807. The van der Waals surface area contributed by atoms with Crippen molar-refractivity contribution in [1.29, 1.82) is 0 Å². The second-order valence-corrected chi connectivity index (χ2v) is 10.3. The number of aromatic nitrogens is 3. The molecular weight excluding hydrogens is 457 g/mol. The molecule has 1 amide bonds. The van der Waals surface area contributed by atoms with Gasteiger partial charge in [0.05, 0.1) is 5.69 Å². The maximum absolute atomic E-state index is 14.5. The summed E-state index contributed by atoms with van der Waals surface area (Å²) in [5, 5.41) is 9.36. The third-order valence-corrected chi connectivity index (χ3v) is 6.65. The first-order valence-corrected chi connectivity index (χ1v) is 12.3. The number of carbonyl (C=O) groups is 1. The molecule has 0 bridgehead atoms. The maximum atomic E-state index is 14.5.